The number of hydrogen-bond donors (Lipinski definition) is 6. The van der Waals surface area contributed by atoms with E-state index in [0.717, 1.165) is 24.8 Å². The van der Waals surface area contributed by atoms with Gasteiger partial charge in [0.2, 0.25) is 11.8 Å². The maximum Gasteiger partial charge on any atom is 0.326 e. The van der Waals surface area contributed by atoms with Gasteiger partial charge in [0, 0.05) is 30.3 Å². The van der Waals surface area contributed by atoms with Gasteiger partial charge in [-0.25, -0.2) is 4.79 Å². The summed E-state index contributed by atoms with van der Waals surface area (Å²) in [6.45, 7) is 5.57. The number of aliphatic carboxylic acids is 2. The number of rotatable bonds is 23. The summed E-state index contributed by atoms with van der Waals surface area (Å²) in [5.41, 5.74) is 6.71. The summed E-state index contributed by atoms with van der Waals surface area (Å²) >= 11 is 1.36. The number of amides is 2. The van der Waals surface area contributed by atoms with Crippen LogP contribution in [0.15, 0.2) is 18.2 Å². The molecule has 12 nitrogen and oxygen atoms in total. The zero-order chi connectivity index (χ0) is 33.2. The monoisotopic (exact) mass is 639 g/mol. The molecular weight excluding hydrogens is 590 g/mol. The number of ether oxygens (including phenoxy) is 1. The molecular formula is C31H49N3O9S. The van der Waals surface area contributed by atoms with Crippen LogP contribution in [0, 0.1) is 5.92 Å². The van der Waals surface area contributed by atoms with Crippen molar-refractivity contribution in [3.63, 3.8) is 0 Å². The number of hydrogen-bond acceptors (Lipinski definition) is 9. The third kappa shape index (κ3) is 14.4. The Morgan fingerprint density at radius 3 is 2.30 bits per heavy atom. The molecule has 7 N–H and O–H groups in total. The number of carbonyl (C=O) groups is 5. The van der Waals surface area contributed by atoms with Gasteiger partial charge in [0.1, 0.15) is 17.9 Å². The predicted octanol–water partition coefficient (Wildman–Crippen LogP) is 3.27. The Hall–Kier alpha value is -3.32. The lowest BCUT2D eigenvalue weighted by Crippen LogP contribution is -2.56. The van der Waals surface area contributed by atoms with Crippen molar-refractivity contribution in [2.24, 2.45) is 11.7 Å². The molecule has 0 saturated carbocycles. The zero-order valence-electron chi connectivity index (χ0n) is 26.2. The molecule has 1 aromatic rings. The Kier molecular flexibility index (Phi) is 18.1. The van der Waals surface area contributed by atoms with Crippen LogP contribution in [0.3, 0.4) is 0 Å². The van der Waals surface area contributed by atoms with Gasteiger partial charge in [0.05, 0.1) is 13.2 Å². The molecule has 1 aromatic carbocycles. The first-order chi connectivity index (χ1) is 20.8. The summed E-state index contributed by atoms with van der Waals surface area (Å²) in [5.74, 6) is -3.65. The number of phenols is 1. The number of carboxylic acid groups (broad SMARTS) is 2. The molecule has 0 aliphatic rings. The lowest BCUT2D eigenvalue weighted by atomic mass is 9.99. The molecule has 5 atom stereocenters. The van der Waals surface area contributed by atoms with Gasteiger partial charge in [-0.05, 0) is 42.9 Å². The van der Waals surface area contributed by atoms with Crippen molar-refractivity contribution in [3.05, 3.63) is 23.8 Å². The molecule has 0 spiro atoms. The highest BCUT2D eigenvalue weighted by molar-refractivity contribution is 8.00. The van der Waals surface area contributed by atoms with Gasteiger partial charge in [0.15, 0.2) is 11.5 Å². The van der Waals surface area contributed by atoms with E-state index in [1.807, 2.05) is 0 Å². The number of carboxylic acids is 2. The molecule has 0 aromatic heterocycles. The van der Waals surface area contributed by atoms with Crippen molar-refractivity contribution >= 4 is 41.3 Å². The fraction of sp³-hybridized carbons (Fsp3) is 0.645. The number of aromatic hydroxyl groups is 1. The molecule has 2 amide bonds. The van der Waals surface area contributed by atoms with Crippen LogP contribution in [0.1, 0.15) is 84.1 Å². The standard InChI is InChI=1S/C31H49N3O9S/c1-5-7-8-9-22(17-21(35)12-10-20-11-14-25(36)26(16-20)43-4)44-18-24(33-29(39)23(32)13-15-27(37)38)30(40)34-28(31(41)42)19(3)6-2/h11,14,16,19,22-24,28,36H,5-10,12-13,15,17-18,32H2,1-4H3,(H,33,39)(H,34,40)(H,37,38)(H,41,42). The Labute approximate surface area is 263 Å². The lowest BCUT2D eigenvalue weighted by molar-refractivity contribution is -0.143. The quantitative estimate of drug-likeness (QED) is 0.0959. The number of thioether (sulfide) groups is 1. The summed E-state index contributed by atoms with van der Waals surface area (Å²) in [5, 5.41) is 33.4. The normalized spacial score (nSPS) is 14.5. The number of nitrogens with two attached hydrogens (primary N) is 1. The molecule has 44 heavy (non-hydrogen) atoms. The van der Waals surface area contributed by atoms with Crippen LogP contribution in [-0.4, -0.2) is 81.1 Å². The van der Waals surface area contributed by atoms with E-state index in [1.165, 1.54) is 24.9 Å². The van der Waals surface area contributed by atoms with Gasteiger partial charge >= 0.3 is 11.9 Å². The highest BCUT2D eigenvalue weighted by Gasteiger charge is 2.31. The van der Waals surface area contributed by atoms with Gasteiger partial charge in [-0.2, -0.15) is 11.8 Å². The van der Waals surface area contributed by atoms with E-state index in [-0.39, 0.29) is 54.1 Å². The average Bonchev–Trinajstić information content (AvgIpc) is 2.99. The summed E-state index contributed by atoms with van der Waals surface area (Å²) in [6.07, 6.45) is 4.55. The number of methoxy groups -OCH3 is 1. The van der Waals surface area contributed by atoms with E-state index in [0.29, 0.717) is 25.0 Å². The summed E-state index contributed by atoms with van der Waals surface area (Å²) in [4.78, 5) is 61.9. The molecule has 0 heterocycles. The van der Waals surface area contributed by atoms with Crippen LogP contribution in [-0.2, 0) is 30.4 Å². The summed E-state index contributed by atoms with van der Waals surface area (Å²) in [7, 11) is 1.45. The number of unbranched alkanes of at least 4 members (excludes halogenated alkanes) is 2. The Balaban J connectivity index is 3.03. The number of Topliss-reactive ketones (excluding diaryl/α,β-unsaturated/α-hetero) is 1. The zero-order valence-corrected chi connectivity index (χ0v) is 27.0. The summed E-state index contributed by atoms with van der Waals surface area (Å²) < 4.78 is 5.14. The Morgan fingerprint density at radius 1 is 1.00 bits per heavy atom. The number of carbonyl (C=O) groups excluding carboxylic acids is 3. The third-order valence-electron chi connectivity index (χ3n) is 7.44. The Bertz CT molecular complexity index is 1100. The van der Waals surface area contributed by atoms with E-state index < -0.39 is 41.9 Å². The second kappa shape index (κ2) is 20.6. The minimum absolute atomic E-state index is 0.0160. The van der Waals surface area contributed by atoms with Gasteiger partial charge in [-0.3, -0.25) is 19.2 Å². The molecule has 0 fully saturated rings. The number of aryl methyl sites for hydroxylation is 1. The molecule has 0 radical (unpaired) electrons. The van der Waals surface area contributed by atoms with E-state index >= 15 is 0 Å². The second-order valence-electron chi connectivity index (χ2n) is 11.0. The molecule has 0 aliphatic heterocycles. The van der Waals surface area contributed by atoms with Crippen molar-refractivity contribution in [1.29, 1.82) is 0 Å². The number of nitrogens with one attached hydrogen (secondary N) is 2. The largest absolute Gasteiger partial charge is 0.504 e. The van der Waals surface area contributed by atoms with Crippen molar-refractivity contribution in [1.82, 2.24) is 10.6 Å². The van der Waals surface area contributed by atoms with Crippen molar-refractivity contribution < 1.29 is 44.0 Å². The van der Waals surface area contributed by atoms with Gasteiger partial charge in [0.25, 0.3) is 0 Å². The van der Waals surface area contributed by atoms with Crippen LogP contribution in [0.2, 0.25) is 0 Å². The van der Waals surface area contributed by atoms with Gasteiger partial charge in [-0.15, -0.1) is 0 Å². The lowest BCUT2D eigenvalue weighted by Gasteiger charge is -2.26. The van der Waals surface area contributed by atoms with Crippen LogP contribution >= 0.6 is 11.8 Å². The first kappa shape index (κ1) is 38.7. The maximum atomic E-state index is 13.3. The third-order valence-corrected chi connectivity index (χ3v) is 8.84. The molecule has 0 saturated heterocycles. The molecule has 13 heteroatoms. The molecule has 0 aliphatic carbocycles. The smallest absolute Gasteiger partial charge is 0.326 e. The first-order valence-corrected chi connectivity index (χ1v) is 16.2. The average molecular weight is 640 g/mol. The minimum atomic E-state index is -1.20. The van der Waals surface area contributed by atoms with Crippen LogP contribution in [0.5, 0.6) is 11.5 Å². The molecule has 1 rings (SSSR count). The topological polar surface area (TPSA) is 205 Å². The number of ketones is 1. The van der Waals surface area contributed by atoms with E-state index in [1.54, 1.807) is 26.0 Å². The minimum Gasteiger partial charge on any atom is -0.504 e. The van der Waals surface area contributed by atoms with E-state index in [9.17, 15) is 34.2 Å². The van der Waals surface area contributed by atoms with Gasteiger partial charge < -0.3 is 36.4 Å². The molecule has 0 bridgehead atoms. The van der Waals surface area contributed by atoms with Crippen LogP contribution < -0.4 is 21.1 Å². The Morgan fingerprint density at radius 2 is 1.70 bits per heavy atom. The van der Waals surface area contributed by atoms with Crippen LogP contribution in [0.25, 0.3) is 0 Å². The fourth-order valence-corrected chi connectivity index (χ4v) is 5.76. The van der Waals surface area contributed by atoms with Crippen molar-refractivity contribution in [2.45, 2.75) is 108 Å². The van der Waals surface area contributed by atoms with E-state index in [2.05, 4.69) is 17.6 Å². The van der Waals surface area contributed by atoms with Crippen molar-refractivity contribution in [2.75, 3.05) is 12.9 Å². The highest BCUT2D eigenvalue weighted by Crippen LogP contribution is 2.28. The predicted molar refractivity (Wildman–Crippen MR) is 169 cm³/mol. The number of phenolic OH excluding ortho intramolecular Hbond substituents is 1. The van der Waals surface area contributed by atoms with E-state index in [4.69, 9.17) is 15.6 Å². The highest BCUT2D eigenvalue weighted by atomic mass is 32.2. The molecule has 5 unspecified atom stereocenters. The fourth-order valence-electron chi connectivity index (χ4n) is 4.42. The van der Waals surface area contributed by atoms with Crippen LogP contribution in [0.4, 0.5) is 0 Å². The second-order valence-corrected chi connectivity index (χ2v) is 12.3. The van der Waals surface area contributed by atoms with Gasteiger partial charge in [-0.1, -0.05) is 52.5 Å². The molecule has 248 valence electrons. The maximum absolute atomic E-state index is 13.3. The first-order valence-electron chi connectivity index (χ1n) is 15.1. The summed E-state index contributed by atoms with van der Waals surface area (Å²) in [6, 6.07) is 1.45. The number of benzene rings is 1. The van der Waals surface area contributed by atoms with Crippen molar-refractivity contribution in [3.8, 4) is 11.5 Å². The SMILES string of the molecule is CCCCCC(CC(=O)CCc1ccc(O)c(OC)c1)SCC(NC(=O)C(N)CCC(=O)O)C(=O)NC(C(=O)O)C(C)CC.